The molecule has 1 fully saturated rings. The lowest BCUT2D eigenvalue weighted by Gasteiger charge is -2.24. The number of hydrogen-bond donors (Lipinski definition) is 4. The third kappa shape index (κ3) is 3.23. The van der Waals surface area contributed by atoms with Crippen molar-refractivity contribution in [3.8, 4) is 0 Å². The minimum absolute atomic E-state index is 0. The summed E-state index contributed by atoms with van der Waals surface area (Å²) >= 11 is 5.89. The molecule has 3 aliphatic heterocycles. The van der Waals surface area contributed by atoms with E-state index in [2.05, 4.69) is 9.98 Å². The molecule has 0 radical (unpaired) electrons. The standard InChI is InChI=1S/C19H19ClN4O5.ClH/c20-10-3-1-9(2-4-10)13(26)16-14(27)15(28)19(29-16)23-6-5-11-17-21-7-12(25)24(17)8-22-18(11)23;/h1-6,8,12-16,19,25-28H,7H2;1H. The van der Waals surface area contributed by atoms with E-state index in [1.807, 2.05) is 0 Å². The average Bonchev–Trinajstić information content (AvgIpc) is 3.39. The molecule has 6 atom stereocenters. The Hall–Kier alpha value is -1.98. The Labute approximate surface area is 182 Å². The van der Waals surface area contributed by atoms with Gasteiger partial charge in [-0.1, -0.05) is 23.7 Å². The summed E-state index contributed by atoms with van der Waals surface area (Å²) in [4.78, 5) is 10.3. The Bertz CT molecular complexity index is 995. The first-order chi connectivity index (χ1) is 14.0. The highest BCUT2D eigenvalue weighted by Crippen LogP contribution is 2.40. The quantitative estimate of drug-likeness (QED) is 0.547. The molecule has 30 heavy (non-hydrogen) atoms. The molecular formula is C19H20Cl2N4O5. The van der Waals surface area contributed by atoms with E-state index in [1.54, 1.807) is 46.0 Å². The number of hydrogen-bond acceptors (Lipinski definition) is 8. The zero-order valence-corrected chi connectivity index (χ0v) is 17.1. The van der Waals surface area contributed by atoms with Crippen molar-refractivity contribution in [2.45, 2.75) is 36.9 Å². The van der Waals surface area contributed by atoms with E-state index in [-0.39, 0.29) is 19.0 Å². The highest BCUT2D eigenvalue weighted by Gasteiger charge is 2.48. The van der Waals surface area contributed by atoms with Gasteiger partial charge in [0, 0.05) is 11.2 Å². The molecule has 1 aromatic heterocycles. The van der Waals surface area contributed by atoms with Gasteiger partial charge >= 0.3 is 0 Å². The van der Waals surface area contributed by atoms with Crippen molar-refractivity contribution < 1.29 is 25.2 Å². The topological polar surface area (TPSA) is 123 Å². The van der Waals surface area contributed by atoms with E-state index in [1.165, 1.54) is 6.34 Å². The van der Waals surface area contributed by atoms with Crippen LogP contribution in [-0.4, -0.2) is 73.2 Å². The van der Waals surface area contributed by atoms with E-state index >= 15 is 0 Å². The van der Waals surface area contributed by atoms with Gasteiger partial charge in [0.15, 0.2) is 12.5 Å². The molecule has 6 unspecified atom stereocenters. The second-order valence-electron chi connectivity index (χ2n) is 7.23. The van der Waals surface area contributed by atoms with Crippen LogP contribution >= 0.6 is 24.0 Å². The first-order valence-electron chi connectivity index (χ1n) is 9.17. The number of aliphatic imine (C=N–C) groups is 2. The number of amidine groups is 1. The molecule has 1 aromatic carbocycles. The van der Waals surface area contributed by atoms with Crippen LogP contribution in [0.4, 0.5) is 5.82 Å². The minimum Gasteiger partial charge on any atom is -0.387 e. The zero-order valence-electron chi connectivity index (χ0n) is 15.5. The fraction of sp³-hybridized carbons (Fsp3) is 0.368. The predicted octanol–water partition coefficient (Wildman–Crippen LogP) is 0.970. The molecule has 0 bridgehead atoms. The number of fused-ring (bicyclic) bond motifs is 3. The normalized spacial score (nSPS) is 30.5. The molecule has 0 spiro atoms. The summed E-state index contributed by atoms with van der Waals surface area (Å²) in [5.41, 5.74) is 1.21. The molecular weight excluding hydrogens is 435 g/mol. The van der Waals surface area contributed by atoms with E-state index in [0.29, 0.717) is 27.8 Å². The number of nitrogens with zero attached hydrogens (tertiary/aromatic N) is 4. The second-order valence-corrected chi connectivity index (χ2v) is 7.66. The molecule has 11 heteroatoms. The van der Waals surface area contributed by atoms with Crippen LogP contribution in [0, 0.1) is 0 Å². The molecule has 160 valence electrons. The Balaban J connectivity index is 0.00000218. The van der Waals surface area contributed by atoms with Crippen LogP contribution in [0.15, 0.2) is 46.5 Å². The maximum absolute atomic E-state index is 10.7. The molecule has 4 heterocycles. The number of aliphatic hydroxyl groups excluding tert-OH is 4. The Morgan fingerprint density at radius 3 is 2.57 bits per heavy atom. The first kappa shape index (κ1) is 21.3. The predicted molar refractivity (Wildman–Crippen MR) is 111 cm³/mol. The lowest BCUT2D eigenvalue weighted by atomic mass is 9.99. The van der Waals surface area contributed by atoms with E-state index < -0.39 is 36.9 Å². The van der Waals surface area contributed by atoms with Crippen LogP contribution in [0.3, 0.4) is 0 Å². The molecule has 1 saturated heterocycles. The van der Waals surface area contributed by atoms with E-state index in [0.717, 1.165) is 0 Å². The van der Waals surface area contributed by atoms with Gasteiger partial charge in [0.1, 0.15) is 42.4 Å². The van der Waals surface area contributed by atoms with Crippen LogP contribution in [0.1, 0.15) is 23.5 Å². The van der Waals surface area contributed by atoms with Crippen LogP contribution in [0.2, 0.25) is 5.02 Å². The highest BCUT2D eigenvalue weighted by atomic mass is 35.5. The van der Waals surface area contributed by atoms with Crippen molar-refractivity contribution in [3.05, 3.63) is 52.7 Å². The summed E-state index contributed by atoms with van der Waals surface area (Å²) in [7, 11) is 0. The van der Waals surface area contributed by atoms with Gasteiger partial charge in [-0.25, -0.2) is 4.99 Å². The molecule has 4 N–H and O–H groups in total. The molecule has 5 rings (SSSR count). The van der Waals surface area contributed by atoms with Gasteiger partial charge < -0.3 is 29.7 Å². The average molecular weight is 455 g/mol. The smallest absolute Gasteiger partial charge is 0.164 e. The first-order valence-corrected chi connectivity index (χ1v) is 9.55. The third-order valence-electron chi connectivity index (χ3n) is 5.47. The van der Waals surface area contributed by atoms with Crippen molar-refractivity contribution in [3.63, 3.8) is 0 Å². The van der Waals surface area contributed by atoms with Crippen molar-refractivity contribution >= 4 is 42.0 Å². The molecule has 9 nitrogen and oxygen atoms in total. The zero-order chi connectivity index (χ0) is 20.3. The third-order valence-corrected chi connectivity index (χ3v) is 5.73. The number of ether oxygens (including phenoxy) is 1. The highest BCUT2D eigenvalue weighted by molar-refractivity contribution is 6.30. The van der Waals surface area contributed by atoms with Crippen LogP contribution in [-0.2, 0) is 4.74 Å². The van der Waals surface area contributed by atoms with Gasteiger partial charge in [-0.15, -0.1) is 12.4 Å². The number of benzene rings is 1. The Morgan fingerprint density at radius 2 is 1.83 bits per heavy atom. The number of rotatable bonds is 3. The van der Waals surface area contributed by atoms with Crippen molar-refractivity contribution in [2.24, 2.45) is 9.98 Å². The summed E-state index contributed by atoms with van der Waals surface area (Å²) < 4.78 is 7.47. The van der Waals surface area contributed by atoms with Gasteiger partial charge in [0.2, 0.25) is 0 Å². The van der Waals surface area contributed by atoms with Gasteiger partial charge in [-0.2, -0.15) is 0 Å². The maximum atomic E-state index is 10.7. The lowest BCUT2D eigenvalue weighted by Crippen LogP contribution is -2.37. The summed E-state index contributed by atoms with van der Waals surface area (Å²) in [5, 5.41) is 42.3. The van der Waals surface area contributed by atoms with Crippen LogP contribution < -0.4 is 0 Å². The Morgan fingerprint density at radius 1 is 1.10 bits per heavy atom. The lowest BCUT2D eigenvalue weighted by molar-refractivity contribution is -0.0854. The summed E-state index contributed by atoms with van der Waals surface area (Å²) in [5.74, 6) is 1.08. The fourth-order valence-corrected chi connectivity index (χ4v) is 4.06. The van der Waals surface area contributed by atoms with E-state index in [4.69, 9.17) is 16.3 Å². The monoisotopic (exact) mass is 454 g/mol. The fourth-order valence-electron chi connectivity index (χ4n) is 3.93. The minimum atomic E-state index is -1.31. The SMILES string of the molecule is Cl.OC(c1ccc(Cl)cc1)C1OC(n2ccc3c2N=CN2C3=NCC2O)C(O)C1O. The molecule has 0 saturated carbocycles. The van der Waals surface area contributed by atoms with E-state index in [9.17, 15) is 20.4 Å². The molecule has 0 amide bonds. The molecule has 2 aromatic rings. The number of aliphatic hydroxyl groups is 4. The summed E-state index contributed by atoms with van der Waals surface area (Å²) in [6, 6.07) is 8.32. The van der Waals surface area contributed by atoms with Crippen molar-refractivity contribution in [1.29, 1.82) is 0 Å². The van der Waals surface area contributed by atoms with Crippen LogP contribution in [0.5, 0.6) is 0 Å². The largest absolute Gasteiger partial charge is 0.387 e. The Kier molecular flexibility index (Phi) is 5.62. The van der Waals surface area contributed by atoms with Gasteiger partial charge in [-0.05, 0) is 23.8 Å². The molecule has 0 aliphatic carbocycles. The second kappa shape index (κ2) is 7.93. The van der Waals surface area contributed by atoms with Crippen molar-refractivity contribution in [1.82, 2.24) is 9.47 Å². The van der Waals surface area contributed by atoms with Gasteiger partial charge in [-0.3, -0.25) is 9.89 Å². The van der Waals surface area contributed by atoms with Crippen LogP contribution in [0.25, 0.3) is 0 Å². The maximum Gasteiger partial charge on any atom is 0.164 e. The number of aromatic nitrogens is 1. The summed E-state index contributed by atoms with van der Waals surface area (Å²) in [6.07, 6.45) is -3.31. The van der Waals surface area contributed by atoms with Crippen molar-refractivity contribution in [2.75, 3.05) is 6.54 Å². The van der Waals surface area contributed by atoms with Gasteiger partial charge in [0.05, 0.1) is 12.1 Å². The number of halogens is 2. The molecule has 3 aliphatic rings. The van der Waals surface area contributed by atoms with Gasteiger partial charge in [0.25, 0.3) is 0 Å². The summed E-state index contributed by atoms with van der Waals surface area (Å²) in [6.45, 7) is 0.253.